The van der Waals surface area contributed by atoms with Gasteiger partial charge in [-0.15, -0.1) is 0 Å². The largest absolute Gasteiger partial charge is 0.508 e. The van der Waals surface area contributed by atoms with Crippen LogP contribution >= 0.6 is 0 Å². The maximum atomic E-state index is 12.0. The molecule has 0 radical (unpaired) electrons. The Balaban J connectivity index is 1.45. The molecule has 24 heavy (non-hydrogen) atoms. The first-order valence-electron chi connectivity index (χ1n) is 9.11. The fourth-order valence-electron chi connectivity index (χ4n) is 3.97. The summed E-state index contributed by atoms with van der Waals surface area (Å²) in [5.74, 6) is 0.480. The van der Waals surface area contributed by atoms with E-state index >= 15 is 0 Å². The van der Waals surface area contributed by atoms with Crippen molar-refractivity contribution in [3.8, 4) is 11.5 Å². The van der Waals surface area contributed by atoms with Crippen molar-refractivity contribution in [3.63, 3.8) is 0 Å². The Morgan fingerprint density at radius 3 is 2.38 bits per heavy atom. The highest BCUT2D eigenvalue weighted by atomic mass is 16.6. The van der Waals surface area contributed by atoms with Crippen molar-refractivity contribution in [1.82, 2.24) is 5.32 Å². The lowest BCUT2D eigenvalue weighted by Gasteiger charge is -2.30. The summed E-state index contributed by atoms with van der Waals surface area (Å²) in [6.45, 7) is 0. The van der Waals surface area contributed by atoms with Gasteiger partial charge in [-0.3, -0.25) is 0 Å². The first-order chi connectivity index (χ1) is 11.6. The summed E-state index contributed by atoms with van der Waals surface area (Å²) in [6, 6.07) is 5.05. The lowest BCUT2D eigenvalue weighted by Crippen LogP contribution is -2.39. The van der Waals surface area contributed by atoms with Gasteiger partial charge in [0.25, 0.3) is 0 Å². The smallest absolute Gasteiger partial charge is 0.407 e. The van der Waals surface area contributed by atoms with Gasteiger partial charge in [0.05, 0.1) is 0 Å². The number of carbonyl (C=O) groups excluding carboxylic acids is 1. The first-order valence-corrected chi connectivity index (χ1v) is 9.11. The second-order valence-electron chi connectivity index (χ2n) is 7.10. The third kappa shape index (κ3) is 4.34. The molecule has 0 spiro atoms. The zero-order valence-corrected chi connectivity index (χ0v) is 14.0. The minimum Gasteiger partial charge on any atom is -0.508 e. The lowest BCUT2D eigenvalue weighted by molar-refractivity contribution is 0.0677. The van der Waals surface area contributed by atoms with Gasteiger partial charge in [-0.25, -0.2) is 4.79 Å². The molecule has 0 heterocycles. The molecule has 0 saturated heterocycles. The maximum absolute atomic E-state index is 12.0. The molecule has 1 amide bonds. The number of hydrogen-bond donors (Lipinski definition) is 3. The molecule has 0 unspecified atom stereocenters. The van der Waals surface area contributed by atoms with Crippen LogP contribution in [0.15, 0.2) is 18.2 Å². The number of nitrogens with one attached hydrogen (secondary N) is 1. The minimum absolute atomic E-state index is 0.0379. The summed E-state index contributed by atoms with van der Waals surface area (Å²) in [4.78, 5) is 12.0. The standard InChI is InChI=1S/C19H27NO4/c21-15-8-11-17(18(22)12-15)13-6-9-16(10-7-13)24-19(23)20-14-4-2-1-3-5-14/h8,11-14,16,21-22H,1-7,9-10H2,(H,20,23). The quantitative estimate of drug-likeness (QED) is 0.775. The van der Waals surface area contributed by atoms with E-state index in [0.29, 0.717) is 0 Å². The number of phenols is 2. The average molecular weight is 333 g/mol. The van der Waals surface area contributed by atoms with Crippen molar-refractivity contribution in [2.75, 3.05) is 0 Å². The van der Waals surface area contributed by atoms with E-state index in [9.17, 15) is 15.0 Å². The van der Waals surface area contributed by atoms with Crippen molar-refractivity contribution < 1.29 is 19.7 Å². The molecule has 2 aliphatic rings. The number of amides is 1. The number of phenolic OH excluding ortho intramolecular Hbond substituents is 2. The predicted octanol–water partition coefficient (Wildman–Crippen LogP) is 4.18. The summed E-state index contributed by atoms with van der Waals surface area (Å²) in [5.41, 5.74) is 0.873. The molecule has 1 aromatic rings. The van der Waals surface area contributed by atoms with Crippen molar-refractivity contribution in [3.05, 3.63) is 23.8 Å². The van der Waals surface area contributed by atoms with Gasteiger partial charge in [0.15, 0.2) is 0 Å². The van der Waals surface area contributed by atoms with Crippen LogP contribution in [0, 0.1) is 0 Å². The molecular weight excluding hydrogens is 306 g/mol. The van der Waals surface area contributed by atoms with Crippen LogP contribution < -0.4 is 5.32 Å². The molecule has 1 aromatic carbocycles. The van der Waals surface area contributed by atoms with Crippen LogP contribution in [0.2, 0.25) is 0 Å². The molecule has 0 aliphatic heterocycles. The topological polar surface area (TPSA) is 78.8 Å². The van der Waals surface area contributed by atoms with Gasteiger partial charge in [0.1, 0.15) is 17.6 Å². The minimum atomic E-state index is -0.280. The SMILES string of the molecule is O=C(NC1CCCCC1)OC1CCC(c2ccc(O)cc2O)CC1. The normalized spacial score (nSPS) is 25.2. The number of ether oxygens (including phenoxy) is 1. The van der Waals surface area contributed by atoms with E-state index in [1.165, 1.54) is 25.3 Å². The fourth-order valence-corrected chi connectivity index (χ4v) is 3.97. The summed E-state index contributed by atoms with van der Waals surface area (Å²) >= 11 is 0. The summed E-state index contributed by atoms with van der Waals surface area (Å²) in [5, 5.41) is 22.4. The van der Waals surface area contributed by atoms with Gasteiger partial charge in [-0.2, -0.15) is 0 Å². The van der Waals surface area contributed by atoms with E-state index in [0.717, 1.165) is 44.1 Å². The molecular formula is C19H27NO4. The third-order valence-corrected chi connectivity index (χ3v) is 5.33. The number of aromatic hydroxyl groups is 2. The first kappa shape index (κ1) is 16.9. The Hall–Kier alpha value is -1.91. The van der Waals surface area contributed by atoms with Crippen molar-refractivity contribution >= 4 is 6.09 Å². The maximum Gasteiger partial charge on any atom is 0.407 e. The van der Waals surface area contributed by atoms with E-state index < -0.39 is 0 Å². The van der Waals surface area contributed by atoms with Crippen LogP contribution in [0.25, 0.3) is 0 Å². The number of carbonyl (C=O) groups is 1. The van der Waals surface area contributed by atoms with Gasteiger partial charge in [-0.05, 0) is 56.1 Å². The Bertz CT molecular complexity index is 560. The van der Waals surface area contributed by atoms with Crippen LogP contribution in [0.3, 0.4) is 0 Å². The van der Waals surface area contributed by atoms with Gasteiger partial charge >= 0.3 is 6.09 Å². The Kier molecular flexibility index (Phi) is 5.48. The lowest BCUT2D eigenvalue weighted by atomic mass is 9.82. The molecule has 0 aromatic heterocycles. The van der Waals surface area contributed by atoms with E-state index in [2.05, 4.69) is 5.32 Å². The highest BCUT2D eigenvalue weighted by molar-refractivity contribution is 5.67. The predicted molar refractivity (Wildman–Crippen MR) is 91.3 cm³/mol. The molecule has 3 rings (SSSR count). The Labute approximate surface area is 143 Å². The van der Waals surface area contributed by atoms with E-state index in [1.54, 1.807) is 12.1 Å². The van der Waals surface area contributed by atoms with Gasteiger partial charge < -0.3 is 20.3 Å². The molecule has 2 aliphatic carbocycles. The molecule has 2 fully saturated rings. The van der Waals surface area contributed by atoms with Gasteiger partial charge in [0.2, 0.25) is 0 Å². The van der Waals surface area contributed by atoms with E-state index in [-0.39, 0.29) is 35.7 Å². The number of alkyl carbamates (subject to hydrolysis) is 1. The second-order valence-corrected chi connectivity index (χ2v) is 7.10. The molecule has 5 heteroatoms. The molecule has 0 atom stereocenters. The zero-order valence-electron chi connectivity index (χ0n) is 14.0. The van der Waals surface area contributed by atoms with Crippen molar-refractivity contribution in [2.24, 2.45) is 0 Å². The van der Waals surface area contributed by atoms with Crippen LogP contribution in [0.1, 0.15) is 69.3 Å². The number of hydrogen-bond acceptors (Lipinski definition) is 4. The van der Waals surface area contributed by atoms with Crippen molar-refractivity contribution in [2.45, 2.75) is 75.9 Å². The molecule has 132 valence electrons. The van der Waals surface area contributed by atoms with E-state index in [1.807, 2.05) is 0 Å². The summed E-state index contributed by atoms with van der Waals surface area (Å²) in [7, 11) is 0. The van der Waals surface area contributed by atoms with Crippen LogP contribution in [0.4, 0.5) is 4.79 Å². The van der Waals surface area contributed by atoms with Crippen molar-refractivity contribution in [1.29, 1.82) is 0 Å². The molecule has 0 bridgehead atoms. The number of benzene rings is 1. The van der Waals surface area contributed by atoms with Crippen LogP contribution in [0.5, 0.6) is 11.5 Å². The highest BCUT2D eigenvalue weighted by Gasteiger charge is 2.27. The zero-order chi connectivity index (χ0) is 16.9. The van der Waals surface area contributed by atoms with Crippen LogP contribution in [-0.4, -0.2) is 28.5 Å². The Morgan fingerprint density at radius 2 is 1.71 bits per heavy atom. The number of rotatable bonds is 3. The highest BCUT2D eigenvalue weighted by Crippen LogP contribution is 2.39. The summed E-state index contributed by atoms with van der Waals surface area (Å²) in [6.07, 6.45) is 8.80. The second kappa shape index (κ2) is 7.77. The third-order valence-electron chi connectivity index (χ3n) is 5.33. The van der Waals surface area contributed by atoms with Crippen LogP contribution in [-0.2, 0) is 4.74 Å². The summed E-state index contributed by atoms with van der Waals surface area (Å²) < 4.78 is 5.58. The molecule has 3 N–H and O–H groups in total. The Morgan fingerprint density at radius 1 is 1.00 bits per heavy atom. The average Bonchev–Trinajstić information content (AvgIpc) is 2.57. The molecule has 2 saturated carbocycles. The van der Waals surface area contributed by atoms with Gasteiger partial charge in [-0.1, -0.05) is 25.3 Å². The fraction of sp³-hybridized carbons (Fsp3) is 0.632. The van der Waals surface area contributed by atoms with Gasteiger partial charge in [0, 0.05) is 12.1 Å². The monoisotopic (exact) mass is 333 g/mol. The van der Waals surface area contributed by atoms with E-state index in [4.69, 9.17) is 4.74 Å². The molecule has 5 nitrogen and oxygen atoms in total.